The molecule has 2 heterocycles. The van der Waals surface area contributed by atoms with E-state index in [1.165, 1.54) is 5.56 Å². The van der Waals surface area contributed by atoms with E-state index in [2.05, 4.69) is 22.9 Å². The van der Waals surface area contributed by atoms with E-state index in [0.29, 0.717) is 12.0 Å². The van der Waals surface area contributed by atoms with Gasteiger partial charge in [0.05, 0.1) is 6.10 Å². The van der Waals surface area contributed by atoms with Crippen molar-refractivity contribution < 1.29 is 4.74 Å². The molecule has 0 saturated carbocycles. The van der Waals surface area contributed by atoms with Crippen molar-refractivity contribution in [3.05, 3.63) is 23.4 Å². The fourth-order valence-electron chi connectivity index (χ4n) is 2.33. The molecule has 0 aromatic carbocycles. The topological polar surface area (TPSA) is 25.4 Å². The summed E-state index contributed by atoms with van der Waals surface area (Å²) in [6, 6.07) is 2.12. The Hall–Kier alpha value is -0.800. The van der Waals surface area contributed by atoms with Crippen LogP contribution in [0.25, 0.3) is 0 Å². The molecule has 1 aromatic heterocycles. The van der Waals surface area contributed by atoms with Gasteiger partial charge in [-0.05, 0) is 37.0 Å². The van der Waals surface area contributed by atoms with Crippen molar-refractivity contribution in [3.8, 4) is 0 Å². The molecule has 0 aliphatic carbocycles. The monoisotopic (exact) mass is 254 g/mol. The van der Waals surface area contributed by atoms with E-state index in [0.717, 1.165) is 37.3 Å². The van der Waals surface area contributed by atoms with Gasteiger partial charge in [0.25, 0.3) is 0 Å². The lowest BCUT2D eigenvalue weighted by Crippen LogP contribution is -2.37. The molecule has 94 valence electrons. The zero-order valence-corrected chi connectivity index (χ0v) is 11.2. The van der Waals surface area contributed by atoms with Crippen LogP contribution >= 0.6 is 11.6 Å². The lowest BCUT2D eigenvalue weighted by atomic mass is 10.1. The van der Waals surface area contributed by atoms with Crippen LogP contribution in [-0.4, -0.2) is 31.3 Å². The number of alkyl halides is 1. The number of aromatic nitrogens is 1. The van der Waals surface area contributed by atoms with Gasteiger partial charge in [0.2, 0.25) is 0 Å². The fourth-order valence-corrected chi connectivity index (χ4v) is 2.48. The second kappa shape index (κ2) is 5.69. The predicted molar refractivity (Wildman–Crippen MR) is 70.8 cm³/mol. The molecule has 1 aliphatic heterocycles. The normalized spacial score (nSPS) is 17.5. The molecular weight excluding hydrogens is 236 g/mol. The highest BCUT2D eigenvalue weighted by atomic mass is 35.5. The second-order valence-corrected chi connectivity index (χ2v) is 4.81. The first-order chi connectivity index (χ1) is 8.24. The first-order valence-corrected chi connectivity index (χ1v) is 6.57. The van der Waals surface area contributed by atoms with Crippen LogP contribution in [0.4, 0.5) is 5.82 Å². The van der Waals surface area contributed by atoms with Crippen LogP contribution in [0.2, 0.25) is 0 Å². The summed E-state index contributed by atoms with van der Waals surface area (Å²) in [6.07, 6.45) is 4.44. The third-order valence-electron chi connectivity index (χ3n) is 3.34. The van der Waals surface area contributed by atoms with Crippen molar-refractivity contribution in [2.24, 2.45) is 0 Å². The third-order valence-corrected chi connectivity index (χ3v) is 3.65. The fraction of sp³-hybridized carbons (Fsp3) is 0.615. The molecule has 1 aromatic rings. The first-order valence-electron chi connectivity index (χ1n) is 6.04. The van der Waals surface area contributed by atoms with E-state index >= 15 is 0 Å². The third kappa shape index (κ3) is 2.90. The van der Waals surface area contributed by atoms with Crippen LogP contribution in [0, 0.1) is 6.92 Å². The van der Waals surface area contributed by atoms with Crippen LogP contribution in [0.1, 0.15) is 24.0 Å². The molecule has 1 fully saturated rings. The van der Waals surface area contributed by atoms with Crippen molar-refractivity contribution in [3.63, 3.8) is 0 Å². The Balaban J connectivity index is 2.08. The zero-order chi connectivity index (χ0) is 12.3. The summed E-state index contributed by atoms with van der Waals surface area (Å²) in [5.41, 5.74) is 2.29. The van der Waals surface area contributed by atoms with Crippen molar-refractivity contribution in [2.45, 2.75) is 31.7 Å². The molecule has 2 rings (SSSR count). The molecule has 0 amide bonds. The first kappa shape index (κ1) is 12.7. The van der Waals surface area contributed by atoms with Crippen molar-refractivity contribution in [1.82, 2.24) is 4.98 Å². The van der Waals surface area contributed by atoms with Crippen LogP contribution in [0.5, 0.6) is 0 Å². The van der Waals surface area contributed by atoms with Crippen LogP contribution < -0.4 is 4.90 Å². The number of hydrogen-bond donors (Lipinski definition) is 0. The highest BCUT2D eigenvalue weighted by Gasteiger charge is 2.20. The standard InChI is InChI=1S/C13H19ClN2O/c1-10-7-11(8-14)9-15-13(10)16-5-3-12(17-2)4-6-16/h7,9,12H,3-6,8H2,1-2H3. The molecule has 0 bridgehead atoms. The SMILES string of the molecule is COC1CCN(c2ncc(CCl)cc2C)CC1. The number of nitrogens with zero attached hydrogens (tertiary/aromatic N) is 2. The molecule has 1 aliphatic rings. The van der Waals surface area contributed by atoms with Gasteiger partial charge in [0.1, 0.15) is 5.82 Å². The van der Waals surface area contributed by atoms with Gasteiger partial charge >= 0.3 is 0 Å². The summed E-state index contributed by atoms with van der Waals surface area (Å²) in [7, 11) is 1.79. The molecule has 0 N–H and O–H groups in total. The van der Waals surface area contributed by atoms with E-state index in [-0.39, 0.29) is 0 Å². The van der Waals surface area contributed by atoms with E-state index < -0.39 is 0 Å². The molecule has 17 heavy (non-hydrogen) atoms. The van der Waals surface area contributed by atoms with Gasteiger partial charge in [0.15, 0.2) is 0 Å². The second-order valence-electron chi connectivity index (χ2n) is 4.54. The van der Waals surface area contributed by atoms with Crippen LogP contribution in [0.3, 0.4) is 0 Å². The smallest absolute Gasteiger partial charge is 0.131 e. The number of hydrogen-bond acceptors (Lipinski definition) is 3. The largest absolute Gasteiger partial charge is 0.381 e. The minimum absolute atomic E-state index is 0.411. The van der Waals surface area contributed by atoms with E-state index in [4.69, 9.17) is 16.3 Å². The van der Waals surface area contributed by atoms with Crippen molar-refractivity contribution >= 4 is 17.4 Å². The molecule has 0 spiro atoms. The van der Waals surface area contributed by atoms with Gasteiger partial charge in [-0.3, -0.25) is 0 Å². The van der Waals surface area contributed by atoms with E-state index in [1.54, 1.807) is 7.11 Å². The lowest BCUT2D eigenvalue weighted by molar-refractivity contribution is 0.0818. The number of rotatable bonds is 3. The van der Waals surface area contributed by atoms with Crippen molar-refractivity contribution in [1.29, 1.82) is 0 Å². The maximum atomic E-state index is 5.80. The summed E-state index contributed by atoms with van der Waals surface area (Å²) in [4.78, 5) is 6.86. The highest BCUT2D eigenvalue weighted by molar-refractivity contribution is 6.17. The number of anilines is 1. The summed E-state index contributed by atoms with van der Waals surface area (Å²) in [6.45, 7) is 4.14. The molecule has 4 heteroatoms. The van der Waals surface area contributed by atoms with Gasteiger partial charge < -0.3 is 9.64 Å². The zero-order valence-electron chi connectivity index (χ0n) is 10.4. The summed E-state index contributed by atoms with van der Waals surface area (Å²) >= 11 is 5.80. The molecule has 0 unspecified atom stereocenters. The van der Waals surface area contributed by atoms with Gasteiger partial charge in [-0.2, -0.15) is 0 Å². The number of pyridine rings is 1. The Morgan fingerprint density at radius 1 is 1.47 bits per heavy atom. The lowest BCUT2D eigenvalue weighted by Gasteiger charge is -2.33. The Labute approximate surface area is 108 Å². The number of aryl methyl sites for hydroxylation is 1. The maximum Gasteiger partial charge on any atom is 0.131 e. The Morgan fingerprint density at radius 3 is 2.71 bits per heavy atom. The predicted octanol–water partition coefficient (Wildman–Crippen LogP) is 2.74. The number of halogens is 1. The maximum absolute atomic E-state index is 5.80. The average Bonchev–Trinajstić information content (AvgIpc) is 2.39. The summed E-state index contributed by atoms with van der Waals surface area (Å²) in [5.74, 6) is 1.62. The highest BCUT2D eigenvalue weighted by Crippen LogP contribution is 2.23. The summed E-state index contributed by atoms with van der Waals surface area (Å²) in [5, 5.41) is 0. The van der Waals surface area contributed by atoms with Crippen LogP contribution in [0.15, 0.2) is 12.3 Å². The molecule has 0 radical (unpaired) electrons. The Kier molecular flexibility index (Phi) is 4.24. The molecule has 1 saturated heterocycles. The van der Waals surface area contributed by atoms with E-state index in [1.807, 2.05) is 6.20 Å². The van der Waals surface area contributed by atoms with E-state index in [9.17, 15) is 0 Å². The minimum atomic E-state index is 0.411. The molecule has 0 atom stereocenters. The van der Waals surface area contributed by atoms with Gasteiger partial charge in [-0.25, -0.2) is 4.98 Å². The van der Waals surface area contributed by atoms with Crippen LogP contribution in [-0.2, 0) is 10.6 Å². The van der Waals surface area contributed by atoms with Gasteiger partial charge in [-0.1, -0.05) is 0 Å². The Bertz CT molecular complexity index is 376. The van der Waals surface area contributed by atoms with Gasteiger partial charge in [0, 0.05) is 32.3 Å². The minimum Gasteiger partial charge on any atom is -0.381 e. The summed E-state index contributed by atoms with van der Waals surface area (Å²) < 4.78 is 5.38. The average molecular weight is 255 g/mol. The molecular formula is C13H19ClN2O. The number of methoxy groups -OCH3 is 1. The van der Waals surface area contributed by atoms with Crippen molar-refractivity contribution in [2.75, 3.05) is 25.1 Å². The number of ether oxygens (including phenoxy) is 1. The molecule has 3 nitrogen and oxygen atoms in total. The van der Waals surface area contributed by atoms with Gasteiger partial charge in [-0.15, -0.1) is 11.6 Å². The number of piperidine rings is 1. The quantitative estimate of drug-likeness (QED) is 0.776. The Morgan fingerprint density at radius 2 is 2.18 bits per heavy atom.